The number of methoxy groups -OCH3 is 2. The third-order valence-corrected chi connectivity index (χ3v) is 2.98. The summed E-state index contributed by atoms with van der Waals surface area (Å²) < 4.78 is 11.7. The van der Waals surface area contributed by atoms with Gasteiger partial charge in [-0.25, -0.2) is 9.78 Å². The van der Waals surface area contributed by atoms with Gasteiger partial charge in [-0.15, -0.1) is 0 Å². The van der Waals surface area contributed by atoms with Crippen molar-refractivity contribution in [1.29, 1.82) is 0 Å². The highest BCUT2D eigenvalue weighted by Crippen LogP contribution is 2.23. The monoisotopic (exact) mass is 260 g/mol. The number of hydrogen-bond acceptors (Lipinski definition) is 4. The maximum absolute atomic E-state index is 11.6. The van der Waals surface area contributed by atoms with Gasteiger partial charge in [0.15, 0.2) is 0 Å². The molecule has 0 spiro atoms. The lowest BCUT2D eigenvalue weighted by Gasteiger charge is -2.14. The molecule has 2 aromatic rings. The van der Waals surface area contributed by atoms with Crippen LogP contribution in [0.25, 0.3) is 11.4 Å². The molecule has 1 aromatic carbocycles. The number of aromatic nitrogens is 2. The molecule has 1 aromatic heterocycles. The van der Waals surface area contributed by atoms with Crippen molar-refractivity contribution in [3.8, 4) is 17.1 Å². The predicted molar refractivity (Wildman–Crippen MR) is 70.9 cm³/mol. The fourth-order valence-electron chi connectivity index (χ4n) is 1.87. The van der Waals surface area contributed by atoms with Crippen molar-refractivity contribution in [2.75, 3.05) is 14.2 Å². The van der Waals surface area contributed by atoms with E-state index < -0.39 is 6.04 Å². The Morgan fingerprint density at radius 3 is 2.53 bits per heavy atom. The van der Waals surface area contributed by atoms with E-state index in [2.05, 4.69) is 4.98 Å². The summed E-state index contributed by atoms with van der Waals surface area (Å²) in [5.74, 6) is 1.20. The molecule has 19 heavy (non-hydrogen) atoms. The van der Waals surface area contributed by atoms with Gasteiger partial charge in [-0.3, -0.25) is 0 Å². The third kappa shape index (κ3) is 2.59. The predicted octanol–water partition coefficient (Wildman–Crippen LogP) is 2.29. The number of benzene rings is 1. The summed E-state index contributed by atoms with van der Waals surface area (Å²) >= 11 is 0. The van der Waals surface area contributed by atoms with Crippen LogP contribution in [0.5, 0.6) is 5.75 Å². The minimum absolute atomic E-state index is 0.298. The Hall–Kier alpha value is -2.30. The molecule has 2 rings (SSSR count). The van der Waals surface area contributed by atoms with Crippen LogP contribution >= 0.6 is 0 Å². The number of carbonyl (C=O) groups excluding carboxylic acids is 1. The van der Waals surface area contributed by atoms with Gasteiger partial charge in [-0.05, 0) is 31.2 Å². The zero-order valence-electron chi connectivity index (χ0n) is 11.2. The summed E-state index contributed by atoms with van der Waals surface area (Å²) in [6.45, 7) is 1.78. The normalized spacial score (nSPS) is 11.9. The summed E-state index contributed by atoms with van der Waals surface area (Å²) in [5, 5.41) is 0. The van der Waals surface area contributed by atoms with Crippen LogP contribution in [0.4, 0.5) is 0 Å². The molecular formula is C14H16N2O3. The summed E-state index contributed by atoms with van der Waals surface area (Å²) in [5.41, 5.74) is 0.918. The Kier molecular flexibility index (Phi) is 3.85. The largest absolute Gasteiger partial charge is 0.497 e. The van der Waals surface area contributed by atoms with Crippen LogP contribution in [0.15, 0.2) is 36.7 Å². The molecule has 0 aliphatic rings. The van der Waals surface area contributed by atoms with Gasteiger partial charge < -0.3 is 14.0 Å². The molecular weight excluding hydrogens is 244 g/mol. The van der Waals surface area contributed by atoms with Crippen LogP contribution in [0, 0.1) is 0 Å². The average Bonchev–Trinajstić information content (AvgIpc) is 2.95. The number of carbonyl (C=O) groups is 1. The topological polar surface area (TPSA) is 53.4 Å². The van der Waals surface area contributed by atoms with E-state index in [0.29, 0.717) is 0 Å². The quantitative estimate of drug-likeness (QED) is 0.791. The van der Waals surface area contributed by atoms with Gasteiger partial charge in [0.05, 0.1) is 14.2 Å². The molecule has 5 nitrogen and oxygen atoms in total. The lowest BCUT2D eigenvalue weighted by Crippen LogP contribution is -2.18. The summed E-state index contributed by atoms with van der Waals surface area (Å²) in [6.07, 6.45) is 3.43. The van der Waals surface area contributed by atoms with Crippen molar-refractivity contribution in [2.45, 2.75) is 13.0 Å². The highest BCUT2D eigenvalue weighted by molar-refractivity contribution is 5.74. The molecule has 0 saturated carbocycles. The first kappa shape index (κ1) is 13.1. The molecule has 0 saturated heterocycles. The fourth-order valence-corrected chi connectivity index (χ4v) is 1.87. The second kappa shape index (κ2) is 5.56. The van der Waals surface area contributed by atoms with Crippen molar-refractivity contribution in [3.63, 3.8) is 0 Å². The molecule has 1 heterocycles. The van der Waals surface area contributed by atoms with Crippen LogP contribution < -0.4 is 4.74 Å². The van der Waals surface area contributed by atoms with Gasteiger partial charge in [-0.2, -0.15) is 0 Å². The molecule has 0 fully saturated rings. The van der Waals surface area contributed by atoms with Crippen molar-refractivity contribution in [3.05, 3.63) is 36.7 Å². The number of rotatable bonds is 4. The Morgan fingerprint density at radius 1 is 1.26 bits per heavy atom. The molecule has 0 N–H and O–H groups in total. The summed E-state index contributed by atoms with van der Waals surface area (Å²) in [6, 6.07) is 7.11. The van der Waals surface area contributed by atoms with Crippen molar-refractivity contribution in [2.24, 2.45) is 0 Å². The highest BCUT2D eigenvalue weighted by Gasteiger charge is 2.18. The van der Waals surface area contributed by atoms with Crippen LogP contribution in [0.3, 0.4) is 0 Å². The summed E-state index contributed by atoms with van der Waals surface area (Å²) in [4.78, 5) is 15.9. The Balaban J connectivity index is 2.35. The van der Waals surface area contributed by atoms with E-state index in [4.69, 9.17) is 9.47 Å². The van der Waals surface area contributed by atoms with Gasteiger partial charge in [0.1, 0.15) is 17.6 Å². The zero-order chi connectivity index (χ0) is 13.8. The Morgan fingerprint density at radius 2 is 1.95 bits per heavy atom. The van der Waals surface area contributed by atoms with E-state index in [1.165, 1.54) is 7.11 Å². The number of ether oxygens (including phenoxy) is 2. The van der Waals surface area contributed by atoms with Gasteiger partial charge >= 0.3 is 5.97 Å². The van der Waals surface area contributed by atoms with Gasteiger partial charge in [0.2, 0.25) is 0 Å². The van der Waals surface area contributed by atoms with Crippen molar-refractivity contribution in [1.82, 2.24) is 9.55 Å². The molecule has 0 bridgehead atoms. The highest BCUT2D eigenvalue weighted by atomic mass is 16.5. The Bertz CT molecular complexity index is 560. The molecule has 1 unspecified atom stereocenters. The first-order chi connectivity index (χ1) is 9.17. The molecule has 1 atom stereocenters. The number of imidazole rings is 1. The molecule has 0 aliphatic heterocycles. The molecule has 100 valence electrons. The van der Waals surface area contributed by atoms with Gasteiger partial charge in [0.25, 0.3) is 0 Å². The second-order valence-electron chi connectivity index (χ2n) is 4.09. The van der Waals surface area contributed by atoms with Crippen LogP contribution in [-0.2, 0) is 9.53 Å². The molecule has 0 amide bonds. The molecule has 0 aliphatic carbocycles. The Labute approximate surface area is 111 Å². The number of nitrogens with zero attached hydrogens (tertiary/aromatic N) is 2. The standard InChI is InChI=1S/C14H16N2O3/c1-10(14(17)19-3)16-9-8-15-13(16)11-4-6-12(18-2)7-5-11/h4-10H,1-3H3. The van der Waals surface area contributed by atoms with Crippen molar-refractivity contribution >= 4 is 5.97 Å². The number of hydrogen-bond donors (Lipinski definition) is 0. The lowest BCUT2D eigenvalue weighted by atomic mass is 10.2. The molecule has 5 heteroatoms. The van der Waals surface area contributed by atoms with E-state index >= 15 is 0 Å². The van der Waals surface area contributed by atoms with E-state index in [1.54, 1.807) is 31.0 Å². The van der Waals surface area contributed by atoms with Crippen LogP contribution in [0.2, 0.25) is 0 Å². The first-order valence-corrected chi connectivity index (χ1v) is 5.92. The van der Waals surface area contributed by atoms with Gasteiger partial charge in [0, 0.05) is 18.0 Å². The minimum atomic E-state index is -0.412. The van der Waals surface area contributed by atoms with Gasteiger partial charge in [-0.1, -0.05) is 0 Å². The van der Waals surface area contributed by atoms with Crippen LogP contribution in [0.1, 0.15) is 13.0 Å². The van der Waals surface area contributed by atoms with E-state index in [-0.39, 0.29) is 5.97 Å². The summed E-state index contributed by atoms with van der Waals surface area (Å²) in [7, 11) is 3.00. The van der Waals surface area contributed by atoms with E-state index in [0.717, 1.165) is 17.1 Å². The second-order valence-corrected chi connectivity index (χ2v) is 4.09. The lowest BCUT2D eigenvalue weighted by molar-refractivity contribution is -0.143. The minimum Gasteiger partial charge on any atom is -0.497 e. The smallest absolute Gasteiger partial charge is 0.328 e. The average molecular weight is 260 g/mol. The number of esters is 1. The first-order valence-electron chi connectivity index (χ1n) is 5.92. The van der Waals surface area contributed by atoms with Crippen molar-refractivity contribution < 1.29 is 14.3 Å². The van der Waals surface area contributed by atoms with E-state index in [9.17, 15) is 4.79 Å². The third-order valence-electron chi connectivity index (χ3n) is 2.98. The van der Waals surface area contributed by atoms with Crippen LogP contribution in [-0.4, -0.2) is 29.7 Å². The van der Waals surface area contributed by atoms with E-state index in [1.807, 2.05) is 24.3 Å². The molecule has 0 radical (unpaired) electrons. The maximum Gasteiger partial charge on any atom is 0.328 e. The maximum atomic E-state index is 11.6. The SMILES string of the molecule is COC(=O)C(C)n1ccnc1-c1ccc(OC)cc1. The zero-order valence-corrected chi connectivity index (χ0v) is 11.2. The fraction of sp³-hybridized carbons (Fsp3) is 0.286.